The molecule has 6 heteroatoms. The molecule has 0 aliphatic heterocycles. The van der Waals surface area contributed by atoms with Crippen molar-refractivity contribution in [2.24, 2.45) is 0 Å². The Kier molecular flexibility index (Phi) is 5.22. The first kappa shape index (κ1) is 16.2. The second kappa shape index (κ2) is 6.75. The Balaban J connectivity index is 1.87. The van der Waals surface area contributed by atoms with Crippen LogP contribution in [0.2, 0.25) is 0 Å². The number of hydrogen-bond donors (Lipinski definition) is 1. The van der Waals surface area contributed by atoms with E-state index in [4.69, 9.17) is 21.4 Å². The predicted molar refractivity (Wildman–Crippen MR) is 88.3 cm³/mol. The Hall–Kier alpha value is -1.14. The number of halogens is 1. The van der Waals surface area contributed by atoms with Crippen molar-refractivity contribution in [1.29, 1.82) is 0 Å². The zero-order chi connectivity index (χ0) is 15.5. The molecule has 21 heavy (non-hydrogen) atoms. The molecule has 1 aromatic heterocycles. The first-order valence-corrected chi connectivity index (χ1v) is 8.03. The highest BCUT2D eigenvalue weighted by molar-refractivity contribution is 9.10. The molecule has 0 atom stereocenters. The van der Waals surface area contributed by atoms with E-state index in [-0.39, 0.29) is 5.41 Å². The first-order chi connectivity index (χ1) is 9.86. The molecule has 0 amide bonds. The third-order valence-electron chi connectivity index (χ3n) is 3.07. The number of H-pyrrole nitrogens is 1. The molecular weight excluding hydrogens is 352 g/mol. The third kappa shape index (κ3) is 4.68. The highest BCUT2D eigenvalue weighted by atomic mass is 79.9. The lowest BCUT2D eigenvalue weighted by Crippen LogP contribution is -2.11. The predicted octanol–water partition coefficient (Wildman–Crippen LogP) is 4.80. The normalized spacial score (nSPS) is 11.6. The molecule has 2 aromatic rings. The average molecular weight is 371 g/mol. The molecule has 0 spiro atoms. The summed E-state index contributed by atoms with van der Waals surface area (Å²) in [6.45, 7) is 7.17. The number of benzene rings is 1. The molecule has 0 radical (unpaired) electrons. The second-order valence-corrected chi connectivity index (χ2v) is 7.08. The molecule has 0 fully saturated rings. The van der Waals surface area contributed by atoms with Crippen LogP contribution in [0.4, 0.5) is 0 Å². The summed E-state index contributed by atoms with van der Waals surface area (Å²) in [5.41, 5.74) is 1.40. The van der Waals surface area contributed by atoms with Crippen LogP contribution in [0.1, 0.15) is 38.6 Å². The zero-order valence-corrected chi connectivity index (χ0v) is 14.8. The summed E-state index contributed by atoms with van der Waals surface area (Å²) in [5, 5.41) is 6.56. The van der Waals surface area contributed by atoms with Crippen LogP contribution in [0, 0.1) is 4.84 Å². The summed E-state index contributed by atoms with van der Waals surface area (Å²) in [5.74, 6) is 1.47. The largest absolute Gasteiger partial charge is 0.492 e. The molecular formula is C15H19BrN2O2S. The minimum Gasteiger partial charge on any atom is -0.492 e. The number of nitrogens with zero attached hydrogens (tertiary/aromatic N) is 1. The molecule has 1 heterocycles. The van der Waals surface area contributed by atoms with Crippen LogP contribution in [0.25, 0.3) is 0 Å². The maximum atomic E-state index is 5.78. The number of aromatic nitrogens is 2. The van der Waals surface area contributed by atoms with E-state index in [0.29, 0.717) is 23.8 Å². The minimum absolute atomic E-state index is 0.129. The van der Waals surface area contributed by atoms with Crippen molar-refractivity contribution in [1.82, 2.24) is 10.2 Å². The van der Waals surface area contributed by atoms with Gasteiger partial charge in [-0.15, -0.1) is 5.10 Å². The molecule has 0 aliphatic carbocycles. The summed E-state index contributed by atoms with van der Waals surface area (Å²) >= 11 is 8.39. The lowest BCUT2D eigenvalue weighted by molar-refractivity contribution is 0.302. The Morgan fingerprint density at radius 2 is 2.14 bits per heavy atom. The standard InChI is InChI=1S/C15H19BrN2O2S/c1-15(2,3)10-6-7-12(11(16)9-10)19-8-4-5-13-17-18-14(21)20-13/h6-7,9H,4-5,8H2,1-3H3,(H,18,21). The molecule has 1 N–H and O–H groups in total. The lowest BCUT2D eigenvalue weighted by atomic mass is 9.87. The smallest absolute Gasteiger partial charge is 0.284 e. The van der Waals surface area contributed by atoms with Gasteiger partial charge in [-0.25, -0.2) is 5.10 Å². The van der Waals surface area contributed by atoms with Crippen LogP contribution < -0.4 is 4.74 Å². The van der Waals surface area contributed by atoms with Crippen molar-refractivity contribution >= 4 is 28.1 Å². The fraction of sp³-hybridized carbons (Fsp3) is 0.467. The summed E-state index contributed by atoms with van der Waals surface area (Å²) in [6.07, 6.45) is 1.52. The summed E-state index contributed by atoms with van der Waals surface area (Å²) < 4.78 is 12.0. The maximum absolute atomic E-state index is 5.78. The number of aromatic amines is 1. The Morgan fingerprint density at radius 1 is 1.38 bits per heavy atom. The minimum atomic E-state index is 0.129. The van der Waals surface area contributed by atoms with Gasteiger partial charge in [0.15, 0.2) is 0 Å². The van der Waals surface area contributed by atoms with Gasteiger partial charge in [-0.3, -0.25) is 0 Å². The molecule has 0 unspecified atom stereocenters. The van der Waals surface area contributed by atoms with E-state index in [1.807, 2.05) is 6.07 Å². The number of ether oxygens (including phenoxy) is 1. The summed E-state index contributed by atoms with van der Waals surface area (Å²) in [6, 6.07) is 6.22. The summed E-state index contributed by atoms with van der Waals surface area (Å²) in [7, 11) is 0. The SMILES string of the molecule is CC(C)(C)c1ccc(OCCCc2n[nH]c(=S)o2)c(Br)c1. The zero-order valence-electron chi connectivity index (χ0n) is 12.4. The Bertz CT molecular complexity index is 658. The van der Waals surface area contributed by atoms with Gasteiger partial charge in [0, 0.05) is 6.42 Å². The fourth-order valence-corrected chi connectivity index (χ4v) is 2.49. The Labute approximate surface area is 138 Å². The maximum Gasteiger partial charge on any atom is 0.284 e. The Morgan fingerprint density at radius 3 is 2.71 bits per heavy atom. The monoisotopic (exact) mass is 370 g/mol. The first-order valence-electron chi connectivity index (χ1n) is 6.83. The van der Waals surface area contributed by atoms with Crippen LogP contribution in [-0.4, -0.2) is 16.8 Å². The topological polar surface area (TPSA) is 51.0 Å². The van der Waals surface area contributed by atoms with Crippen molar-refractivity contribution in [3.05, 3.63) is 39.0 Å². The van der Waals surface area contributed by atoms with Crippen LogP contribution in [-0.2, 0) is 11.8 Å². The number of aryl methyl sites for hydroxylation is 1. The lowest BCUT2D eigenvalue weighted by Gasteiger charge is -2.20. The van der Waals surface area contributed by atoms with Gasteiger partial charge < -0.3 is 9.15 Å². The van der Waals surface area contributed by atoms with Crippen molar-refractivity contribution in [3.8, 4) is 5.75 Å². The van der Waals surface area contributed by atoms with Gasteiger partial charge >= 0.3 is 0 Å². The van der Waals surface area contributed by atoms with E-state index in [0.717, 1.165) is 16.6 Å². The van der Waals surface area contributed by atoms with E-state index in [9.17, 15) is 0 Å². The molecule has 0 aliphatic rings. The molecule has 1 aromatic carbocycles. The average Bonchev–Trinajstić information content (AvgIpc) is 2.80. The van der Waals surface area contributed by atoms with E-state index in [1.165, 1.54) is 5.56 Å². The summed E-state index contributed by atoms with van der Waals surface area (Å²) in [4.78, 5) is 0.312. The molecule has 2 rings (SSSR count). The van der Waals surface area contributed by atoms with Crippen LogP contribution >= 0.6 is 28.1 Å². The van der Waals surface area contributed by atoms with Crippen molar-refractivity contribution < 1.29 is 9.15 Å². The molecule has 4 nitrogen and oxygen atoms in total. The van der Waals surface area contributed by atoms with Crippen LogP contribution in [0.5, 0.6) is 5.75 Å². The number of rotatable bonds is 5. The van der Waals surface area contributed by atoms with E-state index < -0.39 is 0 Å². The van der Waals surface area contributed by atoms with Gasteiger partial charge in [0.05, 0.1) is 11.1 Å². The van der Waals surface area contributed by atoms with Crippen LogP contribution in [0.15, 0.2) is 27.1 Å². The molecule has 114 valence electrons. The van der Waals surface area contributed by atoms with Gasteiger partial charge in [-0.2, -0.15) is 0 Å². The second-order valence-electron chi connectivity index (χ2n) is 5.85. The van der Waals surface area contributed by atoms with Crippen molar-refractivity contribution in [2.75, 3.05) is 6.61 Å². The highest BCUT2D eigenvalue weighted by Gasteiger charge is 2.15. The fourth-order valence-electron chi connectivity index (χ4n) is 1.86. The van der Waals surface area contributed by atoms with E-state index in [2.05, 4.69) is 59.0 Å². The van der Waals surface area contributed by atoms with Crippen molar-refractivity contribution in [2.45, 2.75) is 39.0 Å². The van der Waals surface area contributed by atoms with Gasteiger partial charge in [-0.05, 0) is 57.7 Å². The van der Waals surface area contributed by atoms with Gasteiger partial charge in [0.25, 0.3) is 4.84 Å². The molecule has 0 saturated heterocycles. The van der Waals surface area contributed by atoms with E-state index >= 15 is 0 Å². The van der Waals surface area contributed by atoms with E-state index in [1.54, 1.807) is 0 Å². The highest BCUT2D eigenvalue weighted by Crippen LogP contribution is 2.31. The van der Waals surface area contributed by atoms with Crippen molar-refractivity contribution in [3.63, 3.8) is 0 Å². The third-order valence-corrected chi connectivity index (χ3v) is 3.87. The number of hydrogen-bond acceptors (Lipinski definition) is 4. The van der Waals surface area contributed by atoms with Crippen LogP contribution in [0.3, 0.4) is 0 Å². The van der Waals surface area contributed by atoms with Gasteiger partial charge in [0.2, 0.25) is 5.89 Å². The number of nitrogens with one attached hydrogen (secondary N) is 1. The van der Waals surface area contributed by atoms with Gasteiger partial charge in [0.1, 0.15) is 5.75 Å². The quantitative estimate of drug-likeness (QED) is 0.606. The molecule has 0 saturated carbocycles. The van der Waals surface area contributed by atoms with Gasteiger partial charge in [-0.1, -0.05) is 26.8 Å². The molecule has 0 bridgehead atoms.